The van der Waals surface area contributed by atoms with Crippen LogP contribution in [0.4, 0.5) is 5.69 Å². The number of para-hydroxylation sites is 1. The minimum absolute atomic E-state index is 0.380. The van der Waals surface area contributed by atoms with Crippen LogP contribution >= 0.6 is 0 Å². The van der Waals surface area contributed by atoms with E-state index >= 15 is 0 Å². The molecule has 2 fully saturated rings. The SMILES string of the molecule is COC(=O)C1(C(=O)OC)C2C(=O)N(c3ccccc3)C(=O)C2C(c2ccccc2)N1C. The van der Waals surface area contributed by atoms with Gasteiger partial charge in [0.25, 0.3) is 0 Å². The molecule has 3 unspecified atom stereocenters. The molecule has 3 atom stereocenters. The van der Waals surface area contributed by atoms with E-state index in [9.17, 15) is 19.2 Å². The number of hydrogen-bond donors (Lipinski definition) is 0. The topological polar surface area (TPSA) is 93.2 Å². The van der Waals surface area contributed by atoms with Crippen LogP contribution in [0.2, 0.25) is 0 Å². The Morgan fingerprint density at radius 3 is 1.87 bits per heavy atom. The molecule has 8 heteroatoms. The van der Waals surface area contributed by atoms with Crippen molar-refractivity contribution in [3.05, 3.63) is 66.2 Å². The van der Waals surface area contributed by atoms with Gasteiger partial charge in [0.15, 0.2) is 0 Å². The maximum Gasteiger partial charge on any atom is 0.338 e. The van der Waals surface area contributed by atoms with E-state index in [1.807, 2.05) is 6.07 Å². The normalized spacial score (nSPS) is 24.7. The van der Waals surface area contributed by atoms with Gasteiger partial charge in [-0.25, -0.2) is 14.5 Å². The number of likely N-dealkylation sites (tertiary alicyclic amines) is 1. The molecule has 2 saturated heterocycles. The third-order valence-electron chi connectivity index (χ3n) is 6.26. The van der Waals surface area contributed by atoms with E-state index in [0.29, 0.717) is 11.3 Å². The van der Waals surface area contributed by atoms with Crippen molar-refractivity contribution in [3.8, 4) is 0 Å². The Kier molecular flexibility index (Phi) is 5.10. The molecule has 0 spiro atoms. The molecule has 2 heterocycles. The van der Waals surface area contributed by atoms with Gasteiger partial charge in [0.2, 0.25) is 17.4 Å². The number of esters is 2. The van der Waals surface area contributed by atoms with Crippen LogP contribution in [0.5, 0.6) is 0 Å². The van der Waals surface area contributed by atoms with Crippen LogP contribution in [0.15, 0.2) is 60.7 Å². The van der Waals surface area contributed by atoms with Gasteiger partial charge in [-0.3, -0.25) is 14.5 Å². The van der Waals surface area contributed by atoms with Crippen molar-refractivity contribution in [2.24, 2.45) is 11.8 Å². The number of carbonyl (C=O) groups is 4. The van der Waals surface area contributed by atoms with E-state index in [2.05, 4.69) is 0 Å². The lowest BCUT2D eigenvalue weighted by molar-refractivity contribution is -0.174. The Morgan fingerprint density at radius 2 is 1.35 bits per heavy atom. The molecule has 31 heavy (non-hydrogen) atoms. The first-order valence-corrected chi connectivity index (χ1v) is 9.78. The second kappa shape index (κ2) is 7.63. The van der Waals surface area contributed by atoms with Gasteiger partial charge >= 0.3 is 11.9 Å². The van der Waals surface area contributed by atoms with Crippen molar-refractivity contribution >= 4 is 29.4 Å². The molecule has 0 saturated carbocycles. The highest BCUT2D eigenvalue weighted by atomic mass is 16.5. The highest BCUT2D eigenvalue weighted by Crippen LogP contribution is 2.55. The van der Waals surface area contributed by atoms with E-state index in [0.717, 1.165) is 19.1 Å². The number of ether oxygens (including phenoxy) is 2. The highest BCUT2D eigenvalue weighted by Gasteiger charge is 2.75. The minimum Gasteiger partial charge on any atom is -0.467 e. The van der Waals surface area contributed by atoms with Crippen molar-refractivity contribution in [2.75, 3.05) is 26.2 Å². The number of carbonyl (C=O) groups excluding carboxylic acids is 4. The molecule has 8 nitrogen and oxygen atoms in total. The van der Waals surface area contributed by atoms with Gasteiger partial charge < -0.3 is 9.47 Å². The van der Waals surface area contributed by atoms with Gasteiger partial charge in [-0.05, 0) is 24.7 Å². The molecule has 0 aliphatic carbocycles. The summed E-state index contributed by atoms with van der Waals surface area (Å²) in [6.07, 6.45) is 0. The van der Waals surface area contributed by atoms with Crippen LogP contribution in [0.1, 0.15) is 11.6 Å². The molecule has 2 aliphatic heterocycles. The second-order valence-electron chi connectivity index (χ2n) is 7.57. The summed E-state index contributed by atoms with van der Waals surface area (Å²) >= 11 is 0. The van der Waals surface area contributed by atoms with Crippen molar-refractivity contribution in [1.29, 1.82) is 0 Å². The lowest BCUT2D eigenvalue weighted by Gasteiger charge is -2.36. The number of imide groups is 1. The standard InChI is InChI=1S/C23H22N2O6/c1-24-18(14-10-6-4-7-11-14)16-17(23(24,21(28)30-2)22(29)31-3)20(27)25(19(16)26)15-12-8-5-9-13-15/h4-13,16-18H,1-3H3. The fraction of sp³-hybridized carbons (Fsp3) is 0.304. The summed E-state index contributed by atoms with van der Waals surface area (Å²) < 4.78 is 9.97. The molecule has 0 bridgehead atoms. The Hall–Kier alpha value is -3.52. The number of rotatable bonds is 4. The Morgan fingerprint density at radius 1 is 0.839 bits per heavy atom. The number of anilines is 1. The van der Waals surface area contributed by atoms with Crippen molar-refractivity contribution in [2.45, 2.75) is 11.6 Å². The molecule has 160 valence electrons. The third kappa shape index (κ3) is 2.71. The van der Waals surface area contributed by atoms with E-state index in [4.69, 9.17) is 9.47 Å². The van der Waals surface area contributed by atoms with Gasteiger partial charge in [-0.15, -0.1) is 0 Å². The van der Waals surface area contributed by atoms with Crippen LogP contribution in [-0.4, -0.2) is 55.5 Å². The summed E-state index contributed by atoms with van der Waals surface area (Å²) in [5.41, 5.74) is -1.01. The molecule has 2 aromatic carbocycles. The quantitative estimate of drug-likeness (QED) is 0.419. The molecule has 2 amide bonds. The van der Waals surface area contributed by atoms with E-state index < -0.39 is 47.2 Å². The minimum atomic E-state index is -2.09. The zero-order valence-corrected chi connectivity index (χ0v) is 17.3. The predicted octanol–water partition coefficient (Wildman–Crippen LogP) is 1.56. The lowest BCUT2D eigenvalue weighted by Crippen LogP contribution is -2.62. The van der Waals surface area contributed by atoms with Gasteiger partial charge in [0, 0.05) is 6.04 Å². The first kappa shape index (κ1) is 20.7. The van der Waals surface area contributed by atoms with Crippen molar-refractivity contribution in [3.63, 3.8) is 0 Å². The fourth-order valence-electron chi connectivity index (χ4n) is 4.98. The largest absolute Gasteiger partial charge is 0.467 e. The molecular formula is C23H22N2O6. The Bertz CT molecular complexity index is 1020. The Labute approximate surface area is 179 Å². The molecule has 4 rings (SSSR count). The third-order valence-corrected chi connectivity index (χ3v) is 6.26. The summed E-state index contributed by atoms with van der Waals surface area (Å²) in [5, 5.41) is 0. The maximum atomic E-state index is 13.6. The van der Waals surface area contributed by atoms with Crippen molar-refractivity contribution in [1.82, 2.24) is 4.90 Å². The summed E-state index contributed by atoms with van der Waals surface area (Å²) in [6, 6.07) is 16.7. The highest BCUT2D eigenvalue weighted by molar-refractivity contribution is 6.27. The van der Waals surface area contributed by atoms with Crippen LogP contribution in [0, 0.1) is 11.8 Å². The van der Waals surface area contributed by atoms with Crippen LogP contribution in [-0.2, 0) is 28.7 Å². The first-order chi connectivity index (χ1) is 14.9. The summed E-state index contributed by atoms with van der Waals surface area (Å²) in [4.78, 5) is 56.0. The van der Waals surface area contributed by atoms with Crippen molar-refractivity contribution < 1.29 is 28.7 Å². The first-order valence-electron chi connectivity index (χ1n) is 9.78. The van der Waals surface area contributed by atoms with Crippen LogP contribution < -0.4 is 4.90 Å². The number of methoxy groups -OCH3 is 2. The van der Waals surface area contributed by atoms with E-state index in [1.54, 1.807) is 54.6 Å². The summed E-state index contributed by atoms with van der Waals surface area (Å²) in [7, 11) is 3.82. The maximum absolute atomic E-state index is 13.6. The van der Waals surface area contributed by atoms with Gasteiger partial charge in [0.1, 0.15) is 0 Å². The molecule has 2 aliphatic rings. The molecule has 0 radical (unpaired) electrons. The number of likely N-dealkylation sites (N-methyl/N-ethyl adjacent to an activating group) is 1. The average molecular weight is 422 g/mol. The van der Waals surface area contributed by atoms with Crippen LogP contribution in [0.3, 0.4) is 0 Å². The molecule has 2 aromatic rings. The molecule has 0 aromatic heterocycles. The van der Waals surface area contributed by atoms with E-state index in [1.165, 1.54) is 11.9 Å². The predicted molar refractivity (Wildman–Crippen MR) is 110 cm³/mol. The number of nitrogens with zero attached hydrogens (tertiary/aromatic N) is 2. The zero-order chi connectivity index (χ0) is 22.3. The fourth-order valence-corrected chi connectivity index (χ4v) is 4.98. The number of amides is 2. The number of benzene rings is 2. The number of hydrogen-bond acceptors (Lipinski definition) is 7. The lowest BCUT2D eigenvalue weighted by atomic mass is 9.79. The smallest absolute Gasteiger partial charge is 0.338 e. The number of fused-ring (bicyclic) bond motifs is 1. The van der Waals surface area contributed by atoms with Gasteiger partial charge in [-0.1, -0.05) is 48.5 Å². The van der Waals surface area contributed by atoms with Crippen LogP contribution in [0.25, 0.3) is 0 Å². The molecular weight excluding hydrogens is 400 g/mol. The van der Waals surface area contributed by atoms with Gasteiger partial charge in [0.05, 0.1) is 31.7 Å². The monoisotopic (exact) mass is 422 g/mol. The average Bonchev–Trinajstić information content (AvgIpc) is 3.22. The summed E-state index contributed by atoms with van der Waals surface area (Å²) in [6.45, 7) is 0. The molecule has 0 N–H and O–H groups in total. The summed E-state index contributed by atoms with van der Waals surface area (Å²) in [5.74, 6) is -5.26. The van der Waals surface area contributed by atoms with Gasteiger partial charge in [-0.2, -0.15) is 0 Å². The van der Waals surface area contributed by atoms with E-state index in [-0.39, 0.29) is 0 Å². The Balaban J connectivity index is 1.96. The zero-order valence-electron chi connectivity index (χ0n) is 17.3. The second-order valence-corrected chi connectivity index (χ2v) is 7.57.